The van der Waals surface area contributed by atoms with Gasteiger partial charge in [0.05, 0.1) is 17.9 Å². The summed E-state index contributed by atoms with van der Waals surface area (Å²) >= 11 is 1.58. The molecular weight excluding hydrogens is 248 g/mol. The van der Waals surface area contributed by atoms with Crippen molar-refractivity contribution < 1.29 is 4.79 Å². The Hall–Kier alpha value is -1.27. The molecule has 0 fully saturated rings. The van der Waals surface area contributed by atoms with Gasteiger partial charge in [-0.15, -0.1) is 11.8 Å². The zero-order valence-corrected chi connectivity index (χ0v) is 12.1. The molecule has 6 heteroatoms. The normalized spacial score (nSPS) is 12.1. The number of thioether (sulfide) groups is 1. The lowest BCUT2D eigenvalue weighted by atomic mass is 10.3. The van der Waals surface area contributed by atoms with Gasteiger partial charge in [0.15, 0.2) is 0 Å². The van der Waals surface area contributed by atoms with Crippen molar-refractivity contribution in [2.24, 2.45) is 5.73 Å². The summed E-state index contributed by atoms with van der Waals surface area (Å²) in [5, 5.41) is 0. The van der Waals surface area contributed by atoms with Gasteiger partial charge < -0.3 is 20.3 Å². The highest BCUT2D eigenvalue weighted by molar-refractivity contribution is 7.99. The van der Waals surface area contributed by atoms with Gasteiger partial charge in [-0.05, 0) is 6.07 Å². The monoisotopic (exact) mass is 268 g/mol. The molecule has 0 aromatic carbocycles. The first-order valence-corrected chi connectivity index (χ1v) is 6.62. The number of pyridine rings is 1. The van der Waals surface area contributed by atoms with Crippen LogP contribution in [-0.2, 0) is 4.79 Å². The first kappa shape index (κ1) is 14.8. The summed E-state index contributed by atoms with van der Waals surface area (Å²) in [6.45, 7) is 0. The molecule has 0 aliphatic rings. The number of carbonyl (C=O) groups excluding carboxylic acids is 1. The van der Waals surface area contributed by atoms with Crippen LogP contribution < -0.4 is 15.5 Å². The summed E-state index contributed by atoms with van der Waals surface area (Å²) in [5.41, 5.74) is 6.65. The van der Waals surface area contributed by atoms with E-state index in [4.69, 9.17) is 5.73 Å². The van der Waals surface area contributed by atoms with E-state index in [2.05, 4.69) is 4.98 Å². The highest BCUT2D eigenvalue weighted by Crippen LogP contribution is 2.31. The van der Waals surface area contributed by atoms with Crippen molar-refractivity contribution in [1.29, 1.82) is 0 Å². The third-order valence-corrected chi connectivity index (χ3v) is 3.57. The number of nitrogens with two attached hydrogens (primary N) is 1. The van der Waals surface area contributed by atoms with Gasteiger partial charge >= 0.3 is 0 Å². The lowest BCUT2D eigenvalue weighted by molar-refractivity contribution is -0.108. The second-order valence-electron chi connectivity index (χ2n) is 4.41. The average molecular weight is 268 g/mol. The molecule has 1 aromatic heterocycles. The molecule has 1 atom stereocenters. The molecule has 0 aliphatic heterocycles. The summed E-state index contributed by atoms with van der Waals surface area (Å²) in [5.74, 6) is 1.46. The minimum absolute atomic E-state index is 0.430. The van der Waals surface area contributed by atoms with E-state index in [0.717, 1.165) is 22.7 Å². The molecule has 2 N–H and O–H groups in total. The van der Waals surface area contributed by atoms with E-state index in [9.17, 15) is 4.79 Å². The number of hydrogen-bond acceptors (Lipinski definition) is 6. The molecule has 1 rings (SSSR count). The number of carbonyl (C=O) groups is 1. The number of hydrogen-bond donors (Lipinski definition) is 1. The maximum Gasteiger partial charge on any atom is 0.137 e. The van der Waals surface area contributed by atoms with Gasteiger partial charge in [0.25, 0.3) is 0 Å². The van der Waals surface area contributed by atoms with Crippen molar-refractivity contribution in [3.8, 4) is 0 Å². The zero-order chi connectivity index (χ0) is 13.7. The quantitative estimate of drug-likeness (QED) is 0.609. The van der Waals surface area contributed by atoms with Gasteiger partial charge in [-0.25, -0.2) is 4.98 Å². The summed E-state index contributed by atoms with van der Waals surface area (Å²) < 4.78 is 0. The van der Waals surface area contributed by atoms with Gasteiger partial charge in [-0.2, -0.15) is 0 Å². The van der Waals surface area contributed by atoms with Crippen molar-refractivity contribution >= 4 is 29.6 Å². The third-order valence-electron chi connectivity index (χ3n) is 2.38. The molecule has 0 spiro atoms. The first-order chi connectivity index (χ1) is 8.45. The molecule has 1 aromatic rings. The van der Waals surface area contributed by atoms with E-state index >= 15 is 0 Å². The van der Waals surface area contributed by atoms with Gasteiger partial charge in [-0.1, -0.05) is 0 Å². The highest BCUT2D eigenvalue weighted by atomic mass is 32.2. The molecule has 0 amide bonds. The highest BCUT2D eigenvalue weighted by Gasteiger charge is 2.10. The lowest BCUT2D eigenvalue weighted by Gasteiger charge is -2.20. The standard InChI is InChI=1S/C12H20N4OS/c1-15(2)10-6-14-12(16(3)4)5-11(10)18-8-9(13)7-17/h5-7,9H,8,13H2,1-4H3/t9-/m1/s1. The summed E-state index contributed by atoms with van der Waals surface area (Å²) in [6.07, 6.45) is 2.61. The Kier molecular flexibility index (Phi) is 5.43. The smallest absolute Gasteiger partial charge is 0.137 e. The Morgan fingerprint density at radius 1 is 1.39 bits per heavy atom. The molecular formula is C12H20N4OS. The third kappa shape index (κ3) is 3.89. The van der Waals surface area contributed by atoms with Crippen LogP contribution in [0.2, 0.25) is 0 Å². The fourth-order valence-electron chi connectivity index (χ4n) is 1.34. The number of aldehydes is 1. The summed E-state index contributed by atoms with van der Waals surface area (Å²) in [6, 6.07) is 1.58. The van der Waals surface area contributed by atoms with Crippen molar-refractivity contribution in [3.05, 3.63) is 12.3 Å². The molecule has 1 heterocycles. The zero-order valence-electron chi connectivity index (χ0n) is 11.3. The van der Waals surface area contributed by atoms with E-state index in [0.29, 0.717) is 5.75 Å². The van der Waals surface area contributed by atoms with E-state index in [-0.39, 0.29) is 0 Å². The Labute approximate surface area is 112 Å². The van der Waals surface area contributed by atoms with Crippen molar-refractivity contribution in [2.75, 3.05) is 43.7 Å². The average Bonchev–Trinajstić information content (AvgIpc) is 2.35. The Bertz CT molecular complexity index is 409. The lowest BCUT2D eigenvalue weighted by Crippen LogP contribution is -2.24. The fraction of sp³-hybridized carbons (Fsp3) is 0.500. The molecule has 100 valence electrons. The van der Waals surface area contributed by atoms with E-state index in [1.54, 1.807) is 11.8 Å². The van der Waals surface area contributed by atoms with Gasteiger partial charge in [0.2, 0.25) is 0 Å². The topological polar surface area (TPSA) is 62.5 Å². The minimum Gasteiger partial charge on any atom is -0.376 e. The van der Waals surface area contributed by atoms with Gasteiger partial charge in [0.1, 0.15) is 12.1 Å². The van der Waals surface area contributed by atoms with Crippen molar-refractivity contribution in [2.45, 2.75) is 10.9 Å². The number of rotatable bonds is 6. The molecule has 0 bridgehead atoms. The minimum atomic E-state index is -0.430. The van der Waals surface area contributed by atoms with Crippen LogP contribution in [0, 0.1) is 0 Å². The van der Waals surface area contributed by atoms with Crippen LogP contribution in [0.4, 0.5) is 11.5 Å². The molecule has 0 radical (unpaired) electrons. The second kappa shape index (κ2) is 6.61. The summed E-state index contributed by atoms with van der Waals surface area (Å²) in [4.78, 5) is 20.0. The molecule has 0 unspecified atom stereocenters. The predicted molar refractivity (Wildman–Crippen MR) is 77.7 cm³/mol. The Balaban J connectivity index is 2.96. The van der Waals surface area contributed by atoms with E-state index in [1.165, 1.54) is 0 Å². The maximum atomic E-state index is 10.6. The number of nitrogens with zero attached hydrogens (tertiary/aromatic N) is 3. The van der Waals surface area contributed by atoms with Crippen LogP contribution in [0.1, 0.15) is 0 Å². The number of aromatic nitrogens is 1. The number of anilines is 2. The van der Waals surface area contributed by atoms with E-state index in [1.807, 2.05) is 50.3 Å². The van der Waals surface area contributed by atoms with Crippen molar-refractivity contribution in [1.82, 2.24) is 4.98 Å². The Morgan fingerprint density at radius 2 is 2.06 bits per heavy atom. The van der Waals surface area contributed by atoms with Crippen LogP contribution in [-0.4, -0.2) is 51.3 Å². The van der Waals surface area contributed by atoms with Crippen molar-refractivity contribution in [3.63, 3.8) is 0 Å². The molecule has 0 saturated heterocycles. The van der Waals surface area contributed by atoms with Gasteiger partial charge in [-0.3, -0.25) is 0 Å². The molecule has 18 heavy (non-hydrogen) atoms. The second-order valence-corrected chi connectivity index (χ2v) is 5.47. The van der Waals surface area contributed by atoms with Gasteiger partial charge in [0, 0.05) is 38.8 Å². The molecule has 0 saturated carbocycles. The van der Waals surface area contributed by atoms with Crippen LogP contribution >= 0.6 is 11.8 Å². The van der Waals surface area contributed by atoms with Crippen LogP contribution in [0.5, 0.6) is 0 Å². The van der Waals surface area contributed by atoms with Crippen LogP contribution in [0.15, 0.2) is 17.2 Å². The largest absolute Gasteiger partial charge is 0.376 e. The van der Waals surface area contributed by atoms with Crippen LogP contribution in [0.3, 0.4) is 0 Å². The predicted octanol–water partition coefficient (Wildman–Crippen LogP) is 0.832. The maximum absolute atomic E-state index is 10.6. The summed E-state index contributed by atoms with van der Waals surface area (Å²) in [7, 11) is 7.83. The van der Waals surface area contributed by atoms with Crippen LogP contribution in [0.25, 0.3) is 0 Å². The molecule has 0 aliphatic carbocycles. The first-order valence-electron chi connectivity index (χ1n) is 5.64. The SMILES string of the molecule is CN(C)c1cc(SC[C@H](N)C=O)c(N(C)C)cn1. The molecule has 5 nitrogen and oxygen atoms in total. The fourth-order valence-corrected chi connectivity index (χ4v) is 2.36. The Morgan fingerprint density at radius 3 is 2.56 bits per heavy atom. The van der Waals surface area contributed by atoms with E-state index < -0.39 is 6.04 Å².